The van der Waals surface area contributed by atoms with E-state index < -0.39 is 5.97 Å². The number of carbonyl (C=O) groups is 1. The predicted octanol–water partition coefficient (Wildman–Crippen LogP) is 5.82. The van der Waals surface area contributed by atoms with Gasteiger partial charge in [0.1, 0.15) is 18.2 Å². The van der Waals surface area contributed by atoms with Crippen molar-refractivity contribution in [1.29, 1.82) is 0 Å². The van der Waals surface area contributed by atoms with Gasteiger partial charge in [0.05, 0.1) is 6.54 Å². The summed E-state index contributed by atoms with van der Waals surface area (Å²) < 4.78 is 5.90. The summed E-state index contributed by atoms with van der Waals surface area (Å²) in [6.07, 6.45) is 13.5. The quantitative estimate of drug-likeness (QED) is 0.296. The van der Waals surface area contributed by atoms with E-state index in [1.54, 1.807) is 6.08 Å². The zero-order chi connectivity index (χ0) is 21.4. The third-order valence-corrected chi connectivity index (χ3v) is 4.93. The molecule has 2 aromatic rings. The fraction of sp³-hybridized carbons (Fsp3) is 0.440. The summed E-state index contributed by atoms with van der Waals surface area (Å²) in [5, 5.41) is 8.70. The zero-order valence-corrected chi connectivity index (χ0v) is 18.0. The molecular weight excluding hydrogens is 376 g/mol. The predicted molar refractivity (Wildman–Crippen MR) is 123 cm³/mol. The SMILES string of the molecule is CCCCCCCCCN(CCOc1ccc(/C=C/C(=O)O)cc1)c1ccccn1. The third-order valence-electron chi connectivity index (χ3n) is 4.93. The number of pyridine rings is 1. The first-order valence-electron chi connectivity index (χ1n) is 11.0. The maximum atomic E-state index is 10.6. The number of aliphatic carboxylic acids is 1. The molecule has 0 fully saturated rings. The van der Waals surface area contributed by atoms with E-state index in [-0.39, 0.29) is 0 Å². The van der Waals surface area contributed by atoms with Crippen LogP contribution in [0.5, 0.6) is 5.75 Å². The lowest BCUT2D eigenvalue weighted by Crippen LogP contribution is -2.30. The van der Waals surface area contributed by atoms with Crippen molar-refractivity contribution in [3.05, 3.63) is 60.3 Å². The monoisotopic (exact) mass is 410 g/mol. The second kappa shape index (κ2) is 14.2. The van der Waals surface area contributed by atoms with Gasteiger partial charge in [-0.25, -0.2) is 9.78 Å². The number of aromatic nitrogens is 1. The van der Waals surface area contributed by atoms with E-state index in [1.165, 1.54) is 38.5 Å². The number of hydrogen-bond acceptors (Lipinski definition) is 4. The number of carboxylic acids is 1. The molecule has 162 valence electrons. The van der Waals surface area contributed by atoms with Gasteiger partial charge in [0.2, 0.25) is 0 Å². The van der Waals surface area contributed by atoms with Gasteiger partial charge in [-0.2, -0.15) is 0 Å². The standard InChI is InChI=1S/C25H34N2O3/c1-2-3-4-5-6-7-10-19-27(24-11-8-9-18-26-24)20-21-30-23-15-12-22(13-16-23)14-17-25(28)29/h8-9,11-18H,2-7,10,19-21H2,1H3,(H,28,29)/b17-14+. The van der Waals surface area contributed by atoms with Crippen molar-refractivity contribution < 1.29 is 14.6 Å². The highest BCUT2D eigenvalue weighted by Gasteiger charge is 2.08. The third kappa shape index (κ3) is 9.59. The minimum Gasteiger partial charge on any atom is -0.492 e. The Morgan fingerprint density at radius 1 is 1.00 bits per heavy atom. The van der Waals surface area contributed by atoms with E-state index in [0.717, 1.165) is 42.7 Å². The summed E-state index contributed by atoms with van der Waals surface area (Å²) in [4.78, 5) is 17.4. The van der Waals surface area contributed by atoms with E-state index in [2.05, 4.69) is 16.8 Å². The van der Waals surface area contributed by atoms with Gasteiger partial charge in [-0.05, 0) is 42.3 Å². The lowest BCUT2D eigenvalue weighted by atomic mass is 10.1. The minimum atomic E-state index is -0.953. The Bertz CT molecular complexity index is 745. The van der Waals surface area contributed by atoms with Crippen LogP contribution in [0.2, 0.25) is 0 Å². The molecule has 1 heterocycles. The average molecular weight is 411 g/mol. The van der Waals surface area contributed by atoms with Crippen molar-refractivity contribution in [2.45, 2.75) is 51.9 Å². The zero-order valence-electron chi connectivity index (χ0n) is 18.0. The Labute approximate surface area is 180 Å². The second-order valence-corrected chi connectivity index (χ2v) is 7.39. The van der Waals surface area contributed by atoms with Crippen LogP contribution in [0.25, 0.3) is 6.08 Å². The first-order chi connectivity index (χ1) is 14.7. The van der Waals surface area contributed by atoms with Crippen molar-refractivity contribution in [3.63, 3.8) is 0 Å². The van der Waals surface area contributed by atoms with Gasteiger partial charge in [0.25, 0.3) is 0 Å². The molecule has 1 aromatic carbocycles. The first kappa shape index (κ1) is 23.5. The van der Waals surface area contributed by atoms with Crippen LogP contribution in [0.4, 0.5) is 5.82 Å². The highest BCUT2D eigenvalue weighted by molar-refractivity contribution is 5.85. The van der Waals surface area contributed by atoms with E-state index in [9.17, 15) is 4.79 Å². The summed E-state index contributed by atoms with van der Waals surface area (Å²) in [7, 11) is 0. The number of anilines is 1. The molecule has 0 aliphatic rings. The maximum Gasteiger partial charge on any atom is 0.328 e. The van der Waals surface area contributed by atoms with Gasteiger partial charge >= 0.3 is 5.97 Å². The molecule has 0 radical (unpaired) electrons. The Hall–Kier alpha value is -2.82. The number of ether oxygens (including phenoxy) is 1. The van der Waals surface area contributed by atoms with Crippen molar-refractivity contribution in [2.24, 2.45) is 0 Å². The maximum absolute atomic E-state index is 10.6. The number of nitrogens with zero attached hydrogens (tertiary/aromatic N) is 2. The molecule has 0 aliphatic carbocycles. The molecule has 2 rings (SSSR count). The number of benzene rings is 1. The fourth-order valence-electron chi connectivity index (χ4n) is 3.26. The Balaban J connectivity index is 1.79. The first-order valence-corrected chi connectivity index (χ1v) is 11.0. The van der Waals surface area contributed by atoms with Crippen molar-refractivity contribution >= 4 is 17.9 Å². The van der Waals surface area contributed by atoms with Crippen LogP contribution in [0.1, 0.15) is 57.4 Å². The second-order valence-electron chi connectivity index (χ2n) is 7.39. The molecule has 0 aliphatic heterocycles. The molecule has 5 nitrogen and oxygen atoms in total. The number of rotatable bonds is 15. The largest absolute Gasteiger partial charge is 0.492 e. The molecule has 0 saturated heterocycles. The minimum absolute atomic E-state index is 0.567. The van der Waals surface area contributed by atoms with Crippen molar-refractivity contribution in [2.75, 3.05) is 24.6 Å². The summed E-state index contributed by atoms with van der Waals surface area (Å²) in [5.41, 5.74) is 0.832. The number of carboxylic acid groups (broad SMARTS) is 1. The van der Waals surface area contributed by atoms with Gasteiger partial charge in [-0.1, -0.05) is 63.6 Å². The topological polar surface area (TPSA) is 62.7 Å². The smallest absolute Gasteiger partial charge is 0.328 e. The lowest BCUT2D eigenvalue weighted by molar-refractivity contribution is -0.131. The number of hydrogen-bond donors (Lipinski definition) is 1. The van der Waals surface area contributed by atoms with Crippen LogP contribution in [-0.2, 0) is 4.79 Å². The average Bonchev–Trinajstić information content (AvgIpc) is 2.77. The molecule has 0 bridgehead atoms. The molecule has 30 heavy (non-hydrogen) atoms. The van der Waals surface area contributed by atoms with Crippen molar-refractivity contribution in [3.8, 4) is 5.75 Å². The normalized spacial score (nSPS) is 11.0. The van der Waals surface area contributed by atoms with Gasteiger partial charge < -0.3 is 14.7 Å². The Kier molecular flexibility index (Phi) is 11.1. The molecule has 0 amide bonds. The summed E-state index contributed by atoms with van der Waals surface area (Å²) >= 11 is 0. The van der Waals surface area contributed by atoms with Crippen LogP contribution >= 0.6 is 0 Å². The van der Waals surface area contributed by atoms with E-state index in [4.69, 9.17) is 9.84 Å². The summed E-state index contributed by atoms with van der Waals surface area (Å²) in [6.45, 7) is 4.57. The Morgan fingerprint density at radius 2 is 1.73 bits per heavy atom. The molecule has 0 spiro atoms. The highest BCUT2D eigenvalue weighted by atomic mass is 16.5. The fourth-order valence-corrected chi connectivity index (χ4v) is 3.26. The summed E-state index contributed by atoms with van der Waals surface area (Å²) in [6, 6.07) is 13.4. The molecular formula is C25H34N2O3. The van der Waals surface area contributed by atoms with E-state index >= 15 is 0 Å². The Morgan fingerprint density at radius 3 is 2.40 bits per heavy atom. The van der Waals surface area contributed by atoms with Crippen LogP contribution in [0.3, 0.4) is 0 Å². The lowest BCUT2D eigenvalue weighted by Gasteiger charge is -2.23. The van der Waals surface area contributed by atoms with E-state index in [1.807, 2.05) is 48.7 Å². The van der Waals surface area contributed by atoms with Gasteiger partial charge in [-0.3, -0.25) is 0 Å². The molecule has 0 saturated carbocycles. The molecule has 1 N–H and O–H groups in total. The van der Waals surface area contributed by atoms with Crippen molar-refractivity contribution in [1.82, 2.24) is 4.98 Å². The van der Waals surface area contributed by atoms with Gasteiger partial charge in [0.15, 0.2) is 0 Å². The molecule has 1 aromatic heterocycles. The number of unbranched alkanes of at least 4 members (excludes halogenated alkanes) is 6. The molecule has 0 unspecified atom stereocenters. The van der Waals surface area contributed by atoms with Crippen LogP contribution in [-0.4, -0.2) is 35.8 Å². The molecule has 0 atom stereocenters. The van der Waals surface area contributed by atoms with Gasteiger partial charge in [0, 0.05) is 18.8 Å². The van der Waals surface area contributed by atoms with Crippen LogP contribution in [0.15, 0.2) is 54.7 Å². The van der Waals surface area contributed by atoms with Gasteiger partial charge in [-0.15, -0.1) is 0 Å². The summed E-state index contributed by atoms with van der Waals surface area (Å²) in [5.74, 6) is 0.812. The molecule has 5 heteroatoms. The van der Waals surface area contributed by atoms with E-state index in [0.29, 0.717) is 6.61 Å². The van der Waals surface area contributed by atoms with Crippen LogP contribution < -0.4 is 9.64 Å². The highest BCUT2D eigenvalue weighted by Crippen LogP contribution is 2.15. The van der Waals surface area contributed by atoms with Crippen LogP contribution in [0, 0.1) is 0 Å².